The summed E-state index contributed by atoms with van der Waals surface area (Å²) in [6.07, 6.45) is -14.2. The van der Waals surface area contributed by atoms with Crippen molar-refractivity contribution in [1.82, 2.24) is 50.7 Å². The maximum Gasteiger partial charge on any atom is 0.491 e. The van der Waals surface area contributed by atoms with Crippen LogP contribution in [-0.4, -0.2) is 265 Å². The number of alkyl halides is 9. The van der Waals surface area contributed by atoms with Crippen molar-refractivity contribution in [1.29, 1.82) is 15.8 Å². The van der Waals surface area contributed by atoms with E-state index in [-0.39, 0.29) is 194 Å². The number of ether oxygens (including phenoxy) is 1. The fraction of sp³-hybridized carbons (Fsp3) is 0.516. The zero-order chi connectivity index (χ0) is 99.0. The Hall–Kier alpha value is -10.5. The summed E-state index contributed by atoms with van der Waals surface area (Å²) in [7, 11) is 5.79. The molecule has 3 aliphatic carbocycles. The summed E-state index contributed by atoms with van der Waals surface area (Å²) >= 11 is 0. The fourth-order valence-electron chi connectivity index (χ4n) is 21.3. The molecule has 3 aromatic rings. The van der Waals surface area contributed by atoms with Crippen molar-refractivity contribution in [2.45, 2.75) is 270 Å². The van der Waals surface area contributed by atoms with Gasteiger partial charge in [0.15, 0.2) is 34.7 Å². The number of hydrogen-bond donors (Lipinski definition) is 8. The van der Waals surface area contributed by atoms with E-state index in [1.54, 1.807) is 46.9 Å². The smallest absolute Gasteiger partial charge is 0.491 e. The van der Waals surface area contributed by atoms with E-state index in [4.69, 9.17) is 11.5 Å². The summed E-state index contributed by atoms with van der Waals surface area (Å²) in [6, 6.07) is 2.71. The number of carbonyl (C=O) groups is 12. The minimum absolute atomic E-state index is 0. The van der Waals surface area contributed by atoms with Crippen LogP contribution in [0.5, 0.6) is 17.2 Å². The molecule has 3 saturated heterocycles. The number of aromatic hydroxyl groups is 3. The quantitative estimate of drug-likeness (QED) is 0.0421. The second kappa shape index (κ2) is 38.6. The number of allylic oxidation sites excluding steroid dienone is 6. The maximum atomic E-state index is 13.8. The van der Waals surface area contributed by atoms with E-state index in [1.807, 2.05) is 88.4 Å². The molecule has 0 aromatic heterocycles. The molecular formula is C93H103AcF9N15O16-. The van der Waals surface area contributed by atoms with Gasteiger partial charge in [0, 0.05) is 184 Å². The molecule has 3 aromatic carbocycles. The summed E-state index contributed by atoms with van der Waals surface area (Å²) in [4.78, 5) is 163. The Labute approximate surface area is 801 Å². The minimum atomic E-state index is -5.62. The number of amides is 4. The van der Waals surface area contributed by atoms with Gasteiger partial charge in [-0.25, -0.2) is 9.59 Å². The number of carbonyl (C=O) groups excluding carboxylic acids is 12. The average molecular weight is 2080 g/mol. The molecule has 9 aliphatic heterocycles. The Kier molecular flexibility index (Phi) is 29.9. The first-order valence-corrected chi connectivity index (χ1v) is 43.1. The van der Waals surface area contributed by atoms with E-state index in [9.17, 15) is 128 Å². The van der Waals surface area contributed by atoms with E-state index in [1.165, 1.54) is 13.8 Å². The zero-order valence-corrected chi connectivity index (χ0v) is 81.5. The number of benzene rings is 3. The van der Waals surface area contributed by atoms with Crippen LogP contribution in [0.3, 0.4) is 0 Å². The number of hydrogen-bond acceptors (Lipinski definition) is 26. The third-order valence-electron chi connectivity index (χ3n) is 29.0. The molecule has 3 fully saturated rings. The summed E-state index contributed by atoms with van der Waals surface area (Å²) in [6.45, 7) is 25.1. The van der Waals surface area contributed by atoms with E-state index in [2.05, 4.69) is 60.8 Å². The number of nitrogens with zero attached hydrogens (tertiary/aromatic N) is 9. The van der Waals surface area contributed by atoms with Crippen LogP contribution in [-0.2, 0) is 81.5 Å². The molecule has 41 heteroatoms. The Bertz CT molecular complexity index is 5690. The van der Waals surface area contributed by atoms with E-state index >= 15 is 0 Å². The first kappa shape index (κ1) is 104. The first-order chi connectivity index (χ1) is 61.9. The second-order valence-corrected chi connectivity index (χ2v) is 36.3. The van der Waals surface area contributed by atoms with Gasteiger partial charge >= 0.3 is 36.4 Å². The van der Waals surface area contributed by atoms with Crippen LogP contribution in [0, 0.1) is 120 Å². The van der Waals surface area contributed by atoms with Crippen LogP contribution in [0.25, 0.3) is 5.73 Å². The Morgan fingerprint density at radius 1 is 0.440 bits per heavy atom. The monoisotopic (exact) mass is 2080 g/mol. The van der Waals surface area contributed by atoms with Gasteiger partial charge in [-0.1, -0.05) is 31.2 Å². The molecule has 3 unspecified atom stereocenters. The number of phenols is 3. The fourth-order valence-corrected chi connectivity index (χ4v) is 21.3. The number of fused-ring (bicyclic) bond motifs is 18. The largest absolute Gasteiger partial charge is 0.667 e. The summed E-state index contributed by atoms with van der Waals surface area (Å²) in [5.74, 6) is -11.4. The predicted molar refractivity (Wildman–Crippen MR) is 457 cm³/mol. The number of aryl methyl sites for hydroxylation is 3. The maximum absolute atomic E-state index is 13.8. The average Bonchev–Trinajstić information content (AvgIpc) is 0.707. The van der Waals surface area contributed by atoms with Gasteiger partial charge in [-0.3, -0.25) is 77.3 Å². The molecule has 1 radical (unpaired) electrons. The molecule has 10 N–H and O–H groups in total. The molecule has 15 rings (SSSR count). The zero-order valence-electron chi connectivity index (χ0n) is 76.7. The van der Waals surface area contributed by atoms with Gasteiger partial charge in [0.05, 0.1) is 60.5 Å². The van der Waals surface area contributed by atoms with Crippen molar-refractivity contribution in [2.24, 2.45) is 5.73 Å². The van der Waals surface area contributed by atoms with E-state index in [0.717, 1.165) is 62.6 Å². The van der Waals surface area contributed by atoms with Crippen LogP contribution in [0.1, 0.15) is 166 Å². The Morgan fingerprint density at radius 3 is 0.948 bits per heavy atom. The van der Waals surface area contributed by atoms with Crippen LogP contribution in [0.4, 0.5) is 39.5 Å². The van der Waals surface area contributed by atoms with E-state index < -0.39 is 120 Å². The number of ketones is 6. The van der Waals surface area contributed by atoms with E-state index in [0.29, 0.717) is 80.5 Å². The van der Waals surface area contributed by atoms with Gasteiger partial charge in [-0.2, -0.15) is 55.3 Å². The number of nitrogens with two attached hydrogens (primary N) is 1. The second-order valence-electron chi connectivity index (χ2n) is 36.3. The van der Waals surface area contributed by atoms with Crippen LogP contribution >= 0.6 is 0 Å². The number of halogens is 9. The number of phenolic OH excluding ortho intramolecular Hbond substituents is 3. The number of piperazine rings is 3. The Morgan fingerprint density at radius 2 is 0.701 bits per heavy atom. The molecule has 12 aliphatic rings. The molecule has 713 valence electrons. The van der Waals surface area contributed by atoms with Gasteiger partial charge in [-0.05, 0) is 207 Å². The van der Waals surface area contributed by atoms with Crippen molar-refractivity contribution in [3.63, 3.8) is 0 Å². The molecule has 134 heavy (non-hydrogen) atoms. The molecule has 18 atom stereocenters. The predicted octanol–water partition coefficient (Wildman–Crippen LogP) is 7.50. The molecule has 6 bridgehead atoms. The molecule has 0 saturated carbocycles. The number of likely N-dealkylation sites (N-methyl/N-ethyl adjacent to an activating group) is 3. The van der Waals surface area contributed by atoms with Crippen molar-refractivity contribution in [3.05, 3.63) is 158 Å². The van der Waals surface area contributed by atoms with Crippen LogP contribution in [0.2, 0.25) is 0 Å². The summed E-state index contributed by atoms with van der Waals surface area (Å²) < 4.78 is 108. The molecular weight excluding hydrogens is 1980 g/mol. The number of nitriles is 3. The number of esters is 2. The molecule has 0 spiro atoms. The number of Topliss-reactive ketones (excluding diaryl/α,β-unsaturated/α-hetero) is 6. The van der Waals surface area contributed by atoms with Crippen molar-refractivity contribution in [3.8, 4) is 35.5 Å². The van der Waals surface area contributed by atoms with Gasteiger partial charge in [0.25, 0.3) is 0 Å². The van der Waals surface area contributed by atoms with Gasteiger partial charge in [0.2, 0.25) is 17.7 Å². The normalized spacial score (nSPS) is 27.3. The third kappa shape index (κ3) is 18.1. The Balaban J connectivity index is 0.000000181. The standard InChI is InChI=1S/C31H34F3N5O5.C29H35N5O4.C29H34N5O4.C4F6O3.Ac/c1-12-7-17-8-19-21(10-35)39-20(25(38(19)6)23(17)27(41)13(12)2)9-18-24(28(42)15(4)14(3)26(18)40)22(39)11-36-29(43)16(5)37-30(44)31(32,33)34;2*1-12-7-17-8-19-21(10-30)34-20(25(33(19)6)23(17)27(36)13(12)2)9-18-24(22(34)11-32-29(38)16(5)31)28(37)15(4)14(3)26(18)35;5-3(6,7)1(11)13-2(12)4(8,9)10;/h7,16,19-22,25,41H,8-9,11H2,1-6H3,(H,36,43)(H,37,44);7,16,19-22,25,36H,8-9,11,31H2,1-6H3,(H,32,38);7,16,19-22,25,31,36H,8-9,11H2,1-6H3,(H,32,38);;/q;;-1;;/t3*16-,19-,20?,21-,22-,25-;;/m000../s1. The number of rotatable bonds is 10. The van der Waals surface area contributed by atoms with Crippen LogP contribution in [0.15, 0.2) is 85.1 Å². The van der Waals surface area contributed by atoms with Crippen LogP contribution < -0.4 is 27.0 Å². The first-order valence-electron chi connectivity index (χ1n) is 43.1. The number of nitrogens with one attached hydrogen (secondary N) is 5. The van der Waals surface area contributed by atoms with Crippen molar-refractivity contribution >= 4 is 70.3 Å². The third-order valence-corrected chi connectivity index (χ3v) is 29.0. The molecule has 9 heterocycles. The SMILES string of the molecule is CC1=C(C)C(=O)C2=C(CC3[C@H]4c5c(cc(C)c(C)c5O)C[C@@H]([C@H](C#N)N3[C@H]2CNC(=O)[C@H](C)N)N4C)C1=O.CC1=C(C)C(=O)C2=C(CC3[C@H]4c5c(cc(C)c(C)c5O)C[C@@H]([C@H](C#N)N3[C@H]2CNC(=O)[C@H](C)NC(=O)C(F)(F)F)N4C)C1=O.CC1=C(C)C(=O)C2=C(CC3[C@H]4c5c(cc(C)c(C)c5O)C[C@@H]([C@H](C#N)N3[C@H]2CNC(=O)[C@H](C)[NH-])N4C)C1=O.O=C(OC(=O)C(F)(F)F)C(F)(F)F.[Ac]. The van der Waals surface area contributed by atoms with Gasteiger partial charge in [0.1, 0.15) is 41.4 Å². The van der Waals surface area contributed by atoms with Gasteiger partial charge in [-0.15, -0.1) is 0 Å². The summed E-state index contributed by atoms with van der Waals surface area (Å²) in [5, 5.41) is 75.4. The van der Waals surface area contributed by atoms with Crippen molar-refractivity contribution in [2.75, 3.05) is 40.8 Å². The van der Waals surface area contributed by atoms with Crippen molar-refractivity contribution < 1.29 is 161 Å². The molecule has 31 nitrogen and oxygen atoms in total. The summed E-state index contributed by atoms with van der Waals surface area (Å²) in [5.41, 5.74) is 28.2. The topological polar surface area (TPSA) is 464 Å². The van der Waals surface area contributed by atoms with Gasteiger partial charge < -0.3 is 52.8 Å². The molecule has 4 amide bonds. The minimum Gasteiger partial charge on any atom is -0.667 e.